The first-order valence-corrected chi connectivity index (χ1v) is 12.1. The number of rotatable bonds is 4. The van der Waals surface area contributed by atoms with Gasteiger partial charge in [0.05, 0.1) is 25.0 Å². The molecular weight excluding hydrogens is 454 g/mol. The first kappa shape index (κ1) is 23.1. The van der Waals surface area contributed by atoms with Crippen molar-refractivity contribution in [2.45, 2.75) is 19.3 Å². The topological polar surface area (TPSA) is 30.8 Å². The summed E-state index contributed by atoms with van der Waals surface area (Å²) in [5.41, 5.74) is 7.06. The molecule has 176 valence electrons. The average Bonchev–Trinajstić information content (AvgIpc) is 3.19. The van der Waals surface area contributed by atoms with Crippen LogP contribution in [0, 0.1) is 6.92 Å². The minimum Gasteiger partial charge on any atom is -0.311 e. The van der Waals surface area contributed by atoms with Gasteiger partial charge in [-0.15, -0.1) is 0 Å². The second-order valence-corrected chi connectivity index (χ2v) is 9.98. The van der Waals surface area contributed by atoms with Gasteiger partial charge in [-0.3, -0.25) is 4.79 Å². The number of aryl methyl sites for hydroxylation is 4. The number of hydrogen-bond acceptors (Lipinski definition) is 1. The lowest BCUT2D eigenvalue weighted by molar-refractivity contribution is -0.671. The SMILES string of the molecule is Cc1ccccc1-c1cc(=O)n(C)c2ccc(C(C)(c3ccc(Cl)cc3)c3c[n+](C)cn3C)cc12. The summed E-state index contributed by atoms with van der Waals surface area (Å²) >= 11 is 6.26. The Labute approximate surface area is 210 Å². The highest BCUT2D eigenvalue weighted by Crippen LogP contribution is 2.41. The zero-order valence-corrected chi connectivity index (χ0v) is 21.5. The molecule has 2 heterocycles. The second kappa shape index (κ2) is 8.54. The van der Waals surface area contributed by atoms with Gasteiger partial charge in [0.2, 0.25) is 6.33 Å². The van der Waals surface area contributed by atoms with Crippen molar-refractivity contribution in [2.75, 3.05) is 0 Å². The van der Waals surface area contributed by atoms with Gasteiger partial charge in [0.25, 0.3) is 5.56 Å². The van der Waals surface area contributed by atoms with E-state index in [2.05, 4.69) is 85.0 Å². The van der Waals surface area contributed by atoms with Gasteiger partial charge in [0, 0.05) is 23.5 Å². The molecule has 35 heavy (non-hydrogen) atoms. The van der Waals surface area contributed by atoms with E-state index in [1.165, 1.54) is 0 Å². The minimum absolute atomic E-state index is 0.0153. The summed E-state index contributed by atoms with van der Waals surface area (Å²) in [4.78, 5) is 12.9. The first-order valence-electron chi connectivity index (χ1n) is 11.7. The number of benzene rings is 3. The predicted molar refractivity (Wildman–Crippen MR) is 143 cm³/mol. The van der Waals surface area contributed by atoms with E-state index < -0.39 is 5.41 Å². The van der Waals surface area contributed by atoms with Gasteiger partial charge in [-0.05, 0) is 65.9 Å². The highest BCUT2D eigenvalue weighted by molar-refractivity contribution is 6.30. The van der Waals surface area contributed by atoms with Crippen molar-refractivity contribution < 1.29 is 4.57 Å². The highest BCUT2D eigenvalue weighted by Gasteiger charge is 2.38. The second-order valence-electron chi connectivity index (χ2n) is 9.54. The number of imidazole rings is 1. The summed E-state index contributed by atoms with van der Waals surface area (Å²) < 4.78 is 5.97. The van der Waals surface area contributed by atoms with Gasteiger partial charge in [-0.1, -0.05) is 54.1 Å². The minimum atomic E-state index is -0.452. The largest absolute Gasteiger partial charge is 0.311 e. The molecule has 3 aromatic carbocycles. The van der Waals surface area contributed by atoms with Gasteiger partial charge in [0.1, 0.15) is 6.20 Å². The lowest BCUT2D eigenvalue weighted by Crippen LogP contribution is -2.29. The van der Waals surface area contributed by atoms with Crippen molar-refractivity contribution in [1.29, 1.82) is 0 Å². The van der Waals surface area contributed by atoms with Crippen molar-refractivity contribution in [3.8, 4) is 11.1 Å². The van der Waals surface area contributed by atoms with Crippen LogP contribution >= 0.6 is 11.6 Å². The third-order valence-electron chi connectivity index (χ3n) is 7.25. The zero-order chi connectivity index (χ0) is 24.9. The molecule has 0 bridgehead atoms. The molecule has 1 unspecified atom stereocenters. The van der Waals surface area contributed by atoms with Crippen molar-refractivity contribution in [3.63, 3.8) is 0 Å². The molecule has 0 spiro atoms. The lowest BCUT2D eigenvalue weighted by Gasteiger charge is -2.29. The Morgan fingerprint density at radius 1 is 0.886 bits per heavy atom. The predicted octanol–water partition coefficient (Wildman–Crippen LogP) is 5.68. The third-order valence-corrected chi connectivity index (χ3v) is 7.51. The van der Waals surface area contributed by atoms with E-state index in [4.69, 9.17) is 11.6 Å². The normalized spacial score (nSPS) is 13.2. The maximum Gasteiger partial charge on any atom is 0.251 e. The Morgan fingerprint density at radius 2 is 1.57 bits per heavy atom. The third kappa shape index (κ3) is 3.78. The summed E-state index contributed by atoms with van der Waals surface area (Å²) in [6.07, 6.45) is 4.24. The van der Waals surface area contributed by atoms with Crippen LogP contribution in [0.5, 0.6) is 0 Å². The summed E-state index contributed by atoms with van der Waals surface area (Å²) in [7, 11) is 5.95. The van der Waals surface area contributed by atoms with Crippen molar-refractivity contribution in [1.82, 2.24) is 9.13 Å². The van der Waals surface area contributed by atoms with E-state index in [1.54, 1.807) is 10.6 Å². The van der Waals surface area contributed by atoms with Crippen LogP contribution in [0.1, 0.15) is 29.3 Å². The Morgan fingerprint density at radius 3 is 2.23 bits per heavy atom. The Hall–Kier alpha value is -3.63. The number of fused-ring (bicyclic) bond motifs is 1. The molecule has 0 fully saturated rings. The molecule has 0 amide bonds. The molecule has 4 nitrogen and oxygen atoms in total. The van der Waals surface area contributed by atoms with Crippen LogP contribution < -0.4 is 10.1 Å². The van der Waals surface area contributed by atoms with E-state index >= 15 is 0 Å². The van der Waals surface area contributed by atoms with Crippen molar-refractivity contribution in [3.05, 3.63) is 123 Å². The Kier molecular flexibility index (Phi) is 5.65. The van der Waals surface area contributed by atoms with Gasteiger partial charge in [-0.25, -0.2) is 9.13 Å². The van der Waals surface area contributed by atoms with E-state index in [0.717, 1.165) is 44.4 Å². The summed E-state index contributed by atoms with van der Waals surface area (Å²) in [5, 5.41) is 1.77. The van der Waals surface area contributed by atoms with Crippen LogP contribution in [0.3, 0.4) is 0 Å². The van der Waals surface area contributed by atoms with Crippen LogP contribution in [-0.4, -0.2) is 9.13 Å². The fourth-order valence-corrected chi connectivity index (χ4v) is 5.38. The fraction of sp³-hybridized carbons (Fsp3) is 0.200. The van der Waals surface area contributed by atoms with Crippen LogP contribution in [0.4, 0.5) is 0 Å². The molecule has 0 radical (unpaired) electrons. The molecule has 0 N–H and O–H groups in total. The van der Waals surface area contributed by atoms with Crippen LogP contribution in [-0.2, 0) is 26.6 Å². The highest BCUT2D eigenvalue weighted by atomic mass is 35.5. The molecular formula is C30H29ClN3O+. The van der Waals surface area contributed by atoms with Crippen molar-refractivity contribution in [2.24, 2.45) is 21.1 Å². The fourth-order valence-electron chi connectivity index (χ4n) is 5.25. The quantitative estimate of drug-likeness (QED) is 0.303. The molecule has 0 aliphatic heterocycles. The van der Waals surface area contributed by atoms with Gasteiger partial charge in [-0.2, -0.15) is 0 Å². The number of nitrogens with zero attached hydrogens (tertiary/aromatic N) is 3. The number of pyridine rings is 1. The standard InChI is InChI=1S/C30H29ClN3O/c1-20-8-6-7-9-24(20)25-17-29(35)34(5)27-15-12-22(16-26(25)27)30(2,21-10-13-23(31)14-11-21)28-18-32(3)19-33(28)4/h6-19H,1-5H3/q+1. The molecule has 0 saturated carbocycles. The number of hydrogen-bond donors (Lipinski definition) is 0. The molecule has 1 atom stereocenters. The first-order chi connectivity index (χ1) is 16.7. The maximum absolute atomic E-state index is 12.9. The summed E-state index contributed by atoms with van der Waals surface area (Å²) in [5.74, 6) is 0. The smallest absolute Gasteiger partial charge is 0.251 e. The van der Waals surface area contributed by atoms with Gasteiger partial charge in [0.15, 0.2) is 5.69 Å². The van der Waals surface area contributed by atoms with E-state index in [0.29, 0.717) is 5.02 Å². The monoisotopic (exact) mass is 482 g/mol. The Balaban J connectivity index is 1.86. The zero-order valence-electron chi connectivity index (χ0n) is 20.7. The van der Waals surface area contributed by atoms with Crippen LogP contribution in [0.25, 0.3) is 22.0 Å². The van der Waals surface area contributed by atoms with Crippen LogP contribution in [0.15, 0.2) is 90.1 Å². The molecule has 5 aromatic rings. The summed E-state index contributed by atoms with van der Waals surface area (Å²) in [6.45, 7) is 4.34. The van der Waals surface area contributed by atoms with Crippen molar-refractivity contribution >= 4 is 22.5 Å². The molecule has 0 aliphatic carbocycles. The molecule has 0 saturated heterocycles. The average molecular weight is 483 g/mol. The molecule has 2 aromatic heterocycles. The molecule has 0 aliphatic rings. The molecule has 5 rings (SSSR count). The summed E-state index contributed by atoms with van der Waals surface area (Å²) in [6, 6.07) is 24.5. The maximum atomic E-state index is 12.9. The van der Waals surface area contributed by atoms with E-state index in [-0.39, 0.29) is 5.56 Å². The number of aromatic nitrogens is 3. The number of halogens is 1. The van der Waals surface area contributed by atoms with Gasteiger partial charge < -0.3 is 4.57 Å². The van der Waals surface area contributed by atoms with Crippen LogP contribution in [0.2, 0.25) is 5.02 Å². The van der Waals surface area contributed by atoms with E-state index in [9.17, 15) is 4.79 Å². The van der Waals surface area contributed by atoms with E-state index in [1.807, 2.05) is 38.4 Å². The molecule has 5 heteroatoms. The Bertz CT molecular complexity index is 1630. The lowest BCUT2D eigenvalue weighted by atomic mass is 9.73. The van der Waals surface area contributed by atoms with Gasteiger partial charge >= 0.3 is 0 Å².